The molecule has 186 valence electrons. The third-order valence-corrected chi connectivity index (χ3v) is 5.54. The molecule has 0 unspecified atom stereocenters. The van der Waals surface area contributed by atoms with Gasteiger partial charge in [-0.05, 0) is 32.4 Å². The number of amides is 1. The van der Waals surface area contributed by atoms with Gasteiger partial charge in [0.25, 0.3) is 0 Å². The number of halogens is 2. The Morgan fingerprint density at radius 2 is 1.91 bits per heavy atom. The molecule has 3 aromatic rings. The number of nitrogens with zero attached hydrogens (tertiary/aromatic N) is 4. The van der Waals surface area contributed by atoms with E-state index in [0.29, 0.717) is 5.01 Å². The topological polar surface area (TPSA) is 124 Å². The summed E-state index contributed by atoms with van der Waals surface area (Å²) >= 11 is 0.947. The van der Waals surface area contributed by atoms with Gasteiger partial charge in [0.15, 0.2) is 16.5 Å². The first kappa shape index (κ1) is 25.7. The van der Waals surface area contributed by atoms with Crippen molar-refractivity contribution in [2.24, 2.45) is 0 Å². The van der Waals surface area contributed by atoms with Gasteiger partial charge in [0.05, 0.1) is 12.7 Å². The Morgan fingerprint density at radius 3 is 2.49 bits per heavy atom. The van der Waals surface area contributed by atoms with E-state index in [2.05, 4.69) is 10.2 Å². The fraction of sp³-hybridized carbons (Fsp3) is 0.318. The van der Waals surface area contributed by atoms with Crippen LogP contribution in [0.1, 0.15) is 41.8 Å². The number of carboxylic acid groups (broad SMARTS) is 1. The van der Waals surface area contributed by atoms with Crippen LogP contribution in [0.25, 0.3) is 10.6 Å². The number of aromatic nitrogens is 3. The van der Waals surface area contributed by atoms with E-state index >= 15 is 0 Å². The van der Waals surface area contributed by atoms with Gasteiger partial charge in [0, 0.05) is 25.7 Å². The number of carbonyl (C=O) groups is 2. The Morgan fingerprint density at radius 1 is 1.23 bits per heavy atom. The van der Waals surface area contributed by atoms with Crippen LogP contribution in [0.4, 0.5) is 13.6 Å². The molecule has 1 aromatic carbocycles. The summed E-state index contributed by atoms with van der Waals surface area (Å²) in [5.74, 6) is -3.53. The highest BCUT2D eigenvalue weighted by atomic mass is 32.1. The summed E-state index contributed by atoms with van der Waals surface area (Å²) in [5, 5.41) is 18.9. The molecule has 2 heterocycles. The highest BCUT2D eigenvalue weighted by Crippen LogP contribution is 2.27. The van der Waals surface area contributed by atoms with Crippen molar-refractivity contribution in [3.8, 4) is 16.3 Å². The molecule has 0 radical (unpaired) electrons. The monoisotopic (exact) mass is 508 g/mol. The van der Waals surface area contributed by atoms with E-state index < -0.39 is 46.2 Å². The van der Waals surface area contributed by atoms with Crippen LogP contribution in [0.15, 0.2) is 29.2 Å². The van der Waals surface area contributed by atoms with Crippen molar-refractivity contribution in [1.82, 2.24) is 14.9 Å². The van der Waals surface area contributed by atoms with E-state index in [9.17, 15) is 28.3 Å². The van der Waals surface area contributed by atoms with Gasteiger partial charge in [-0.3, -0.25) is 4.79 Å². The minimum absolute atomic E-state index is 0.0138. The third kappa shape index (κ3) is 5.62. The lowest BCUT2D eigenvalue weighted by Crippen LogP contribution is -2.43. The average molecular weight is 509 g/mol. The van der Waals surface area contributed by atoms with Gasteiger partial charge in [-0.25, -0.2) is 28.1 Å². The molecule has 1 N–H and O–H groups in total. The summed E-state index contributed by atoms with van der Waals surface area (Å²) in [7, 11) is 2.38. The minimum atomic E-state index is -1.52. The van der Waals surface area contributed by atoms with Gasteiger partial charge in [0.1, 0.15) is 22.2 Å². The number of methoxy groups -OCH3 is 1. The number of rotatable bonds is 6. The van der Waals surface area contributed by atoms with Crippen molar-refractivity contribution >= 4 is 23.4 Å². The van der Waals surface area contributed by atoms with Crippen LogP contribution in [0.5, 0.6) is 5.75 Å². The SMILES string of the molecule is COc1c(C(=O)O)n(N(C)C(=O)OC(C)(C)C)cc(-c2nnc(Cc3ccc(F)cc3F)s2)c1=O. The second kappa shape index (κ2) is 9.78. The number of carboxylic acids is 1. The smallest absolute Gasteiger partial charge is 0.429 e. The van der Waals surface area contributed by atoms with E-state index in [1.165, 1.54) is 13.1 Å². The van der Waals surface area contributed by atoms with Gasteiger partial charge >= 0.3 is 12.1 Å². The predicted octanol–water partition coefficient (Wildman–Crippen LogP) is 3.45. The standard InChI is InChI=1S/C22H22F2N4O6S/c1-22(2,3)34-21(32)27(4)28-10-13(17(29)18(33-5)16(28)20(30)31)19-26-25-15(35-19)8-11-6-7-12(23)9-14(11)24/h6-7,9-10H,8H2,1-5H3,(H,30,31). The lowest BCUT2D eigenvalue weighted by molar-refractivity contribution is 0.0545. The molecule has 0 aliphatic heterocycles. The lowest BCUT2D eigenvalue weighted by Gasteiger charge is -2.27. The van der Waals surface area contributed by atoms with E-state index in [1.54, 1.807) is 20.8 Å². The lowest BCUT2D eigenvalue weighted by atomic mass is 10.1. The van der Waals surface area contributed by atoms with Gasteiger partial charge in [-0.15, -0.1) is 10.2 Å². The van der Waals surface area contributed by atoms with Crippen LogP contribution >= 0.6 is 11.3 Å². The Bertz CT molecular complexity index is 1350. The minimum Gasteiger partial charge on any atom is -0.490 e. The van der Waals surface area contributed by atoms with Crippen LogP contribution in [0.3, 0.4) is 0 Å². The van der Waals surface area contributed by atoms with Crippen molar-refractivity contribution in [2.45, 2.75) is 32.8 Å². The van der Waals surface area contributed by atoms with Crippen molar-refractivity contribution in [3.63, 3.8) is 0 Å². The quantitative estimate of drug-likeness (QED) is 0.537. The molecule has 35 heavy (non-hydrogen) atoms. The molecule has 0 saturated carbocycles. The summed E-state index contributed by atoms with van der Waals surface area (Å²) in [6.07, 6.45) is 0.211. The summed E-state index contributed by atoms with van der Waals surface area (Å²) in [6.45, 7) is 4.92. The normalized spacial score (nSPS) is 11.3. The predicted molar refractivity (Wildman–Crippen MR) is 123 cm³/mol. The largest absolute Gasteiger partial charge is 0.490 e. The fourth-order valence-electron chi connectivity index (χ4n) is 3.03. The number of aromatic carboxylic acids is 1. The molecule has 2 aromatic heterocycles. The molecule has 0 spiro atoms. The summed E-state index contributed by atoms with van der Waals surface area (Å²) in [6, 6.07) is 3.14. The molecule has 10 nitrogen and oxygen atoms in total. The van der Waals surface area contributed by atoms with Crippen LogP contribution in [0, 0.1) is 11.6 Å². The number of ether oxygens (including phenoxy) is 2. The average Bonchev–Trinajstić information content (AvgIpc) is 3.21. The number of pyridine rings is 1. The molecule has 0 atom stereocenters. The van der Waals surface area contributed by atoms with Crippen LogP contribution in [0.2, 0.25) is 0 Å². The Hall–Kier alpha value is -3.87. The first-order chi connectivity index (χ1) is 16.3. The molecule has 13 heteroatoms. The summed E-state index contributed by atoms with van der Waals surface area (Å²) in [4.78, 5) is 37.6. The van der Waals surface area contributed by atoms with Crippen LogP contribution in [-0.4, -0.2) is 51.8 Å². The van der Waals surface area contributed by atoms with Crippen molar-refractivity contribution in [2.75, 3.05) is 19.2 Å². The van der Waals surface area contributed by atoms with Gasteiger partial charge < -0.3 is 14.6 Å². The Kier molecular flexibility index (Phi) is 7.19. The molecular formula is C22H22F2N4O6S. The number of hydrogen-bond acceptors (Lipinski definition) is 8. The summed E-state index contributed by atoms with van der Waals surface area (Å²) in [5.41, 5.74) is -2.20. The second-order valence-electron chi connectivity index (χ2n) is 8.32. The van der Waals surface area contributed by atoms with Gasteiger partial charge in [0.2, 0.25) is 5.43 Å². The Labute approximate surface area is 202 Å². The van der Waals surface area contributed by atoms with Crippen LogP contribution < -0.4 is 15.2 Å². The zero-order valence-corrected chi connectivity index (χ0v) is 20.3. The zero-order chi connectivity index (χ0) is 26.1. The van der Waals surface area contributed by atoms with Crippen LogP contribution in [-0.2, 0) is 11.2 Å². The molecule has 0 saturated heterocycles. The number of carbonyl (C=O) groups excluding carboxylic acids is 1. The highest BCUT2D eigenvalue weighted by molar-refractivity contribution is 7.14. The number of hydrogen-bond donors (Lipinski definition) is 1. The second-order valence-corrected chi connectivity index (χ2v) is 9.38. The first-order valence-corrected chi connectivity index (χ1v) is 10.9. The molecule has 0 fully saturated rings. The Balaban J connectivity index is 2.09. The van der Waals surface area contributed by atoms with Gasteiger partial charge in [-0.1, -0.05) is 17.4 Å². The van der Waals surface area contributed by atoms with Crippen molar-refractivity contribution in [1.29, 1.82) is 0 Å². The van der Waals surface area contributed by atoms with E-state index in [0.717, 1.165) is 46.5 Å². The summed E-state index contributed by atoms with van der Waals surface area (Å²) < 4.78 is 38.5. The van der Waals surface area contributed by atoms with E-state index in [1.807, 2.05) is 0 Å². The molecule has 0 bridgehead atoms. The maximum atomic E-state index is 14.0. The van der Waals surface area contributed by atoms with Crippen molar-refractivity contribution < 1.29 is 33.0 Å². The zero-order valence-electron chi connectivity index (χ0n) is 19.5. The maximum absolute atomic E-state index is 14.0. The third-order valence-electron chi connectivity index (χ3n) is 4.59. The van der Waals surface area contributed by atoms with Crippen molar-refractivity contribution in [3.05, 3.63) is 62.5 Å². The maximum Gasteiger partial charge on any atom is 0.429 e. The van der Waals surface area contributed by atoms with E-state index in [4.69, 9.17) is 9.47 Å². The fourth-order valence-corrected chi connectivity index (χ4v) is 3.90. The molecule has 1 amide bonds. The number of benzene rings is 1. The molecular weight excluding hydrogens is 486 g/mol. The molecule has 0 aliphatic carbocycles. The first-order valence-electron chi connectivity index (χ1n) is 10.1. The van der Waals surface area contributed by atoms with E-state index in [-0.39, 0.29) is 22.6 Å². The molecule has 3 rings (SSSR count). The van der Waals surface area contributed by atoms with Gasteiger partial charge in [-0.2, -0.15) is 0 Å². The molecule has 0 aliphatic rings. The highest BCUT2D eigenvalue weighted by Gasteiger charge is 2.29.